The molecular formula is C18H28N2. The Hall–Kier alpha value is -1.33. The van der Waals surface area contributed by atoms with Crippen LogP contribution in [-0.2, 0) is 5.41 Å². The smallest absolute Gasteiger partial charge is 0.0859 e. The predicted octanol–water partition coefficient (Wildman–Crippen LogP) is 4.23. The van der Waals surface area contributed by atoms with Gasteiger partial charge in [-0.2, -0.15) is 5.26 Å². The summed E-state index contributed by atoms with van der Waals surface area (Å²) in [5, 5.41) is 9.92. The van der Waals surface area contributed by atoms with E-state index in [0.717, 1.165) is 32.5 Å². The van der Waals surface area contributed by atoms with Gasteiger partial charge in [-0.05, 0) is 37.5 Å². The Morgan fingerprint density at radius 2 is 1.75 bits per heavy atom. The fourth-order valence-corrected chi connectivity index (χ4v) is 2.86. The van der Waals surface area contributed by atoms with E-state index in [1.165, 1.54) is 5.56 Å². The van der Waals surface area contributed by atoms with Gasteiger partial charge in [-0.15, -0.1) is 0 Å². The molecule has 1 aromatic rings. The van der Waals surface area contributed by atoms with E-state index in [1.807, 2.05) is 18.2 Å². The first kappa shape index (κ1) is 16.7. The van der Waals surface area contributed by atoms with Gasteiger partial charge in [0.25, 0.3) is 0 Å². The Morgan fingerprint density at radius 1 is 1.15 bits per heavy atom. The Morgan fingerprint density at radius 3 is 2.20 bits per heavy atom. The molecule has 110 valence electrons. The third-order valence-electron chi connectivity index (χ3n) is 4.66. The van der Waals surface area contributed by atoms with E-state index in [4.69, 9.17) is 0 Å². The summed E-state index contributed by atoms with van der Waals surface area (Å²) in [6.45, 7) is 11.8. The fraction of sp³-hybridized carbons (Fsp3) is 0.611. The molecule has 1 aromatic carbocycles. The number of hydrogen-bond acceptors (Lipinski definition) is 2. The first-order valence-electron chi connectivity index (χ1n) is 7.83. The van der Waals surface area contributed by atoms with Crippen molar-refractivity contribution in [3.8, 4) is 6.07 Å². The summed E-state index contributed by atoms with van der Waals surface area (Å²) in [4.78, 5) is 2.40. The van der Waals surface area contributed by atoms with Gasteiger partial charge in [-0.3, -0.25) is 0 Å². The summed E-state index contributed by atoms with van der Waals surface area (Å²) < 4.78 is 0. The van der Waals surface area contributed by atoms with Crippen molar-refractivity contribution in [3.05, 3.63) is 35.9 Å². The predicted molar refractivity (Wildman–Crippen MR) is 85.6 cm³/mol. The summed E-state index contributed by atoms with van der Waals surface area (Å²) >= 11 is 0. The van der Waals surface area contributed by atoms with Crippen LogP contribution in [0.15, 0.2) is 30.3 Å². The highest BCUT2D eigenvalue weighted by molar-refractivity contribution is 5.33. The third kappa shape index (κ3) is 3.61. The zero-order chi connectivity index (χ0) is 15.0. The molecule has 0 heterocycles. The molecule has 0 saturated heterocycles. The van der Waals surface area contributed by atoms with E-state index in [1.54, 1.807) is 0 Å². The molecule has 2 heteroatoms. The lowest BCUT2D eigenvalue weighted by Gasteiger charge is -2.35. The Labute approximate surface area is 124 Å². The lowest BCUT2D eigenvalue weighted by atomic mass is 9.68. The minimum absolute atomic E-state index is 0.362. The van der Waals surface area contributed by atoms with Gasteiger partial charge >= 0.3 is 0 Å². The molecule has 0 fully saturated rings. The van der Waals surface area contributed by atoms with Gasteiger partial charge in [0.05, 0.1) is 11.5 Å². The maximum Gasteiger partial charge on any atom is 0.0859 e. The molecule has 0 aliphatic heterocycles. The second-order valence-electron chi connectivity index (χ2n) is 5.54. The zero-order valence-corrected chi connectivity index (χ0v) is 13.4. The molecule has 0 spiro atoms. The van der Waals surface area contributed by atoms with Gasteiger partial charge < -0.3 is 4.90 Å². The molecule has 0 bridgehead atoms. The van der Waals surface area contributed by atoms with Crippen molar-refractivity contribution in [2.75, 3.05) is 19.6 Å². The van der Waals surface area contributed by atoms with Gasteiger partial charge in [-0.25, -0.2) is 0 Å². The maximum absolute atomic E-state index is 9.92. The summed E-state index contributed by atoms with van der Waals surface area (Å²) in [6, 6.07) is 13.0. The number of rotatable bonds is 8. The lowest BCUT2D eigenvalue weighted by Crippen LogP contribution is -2.37. The van der Waals surface area contributed by atoms with E-state index in [-0.39, 0.29) is 5.41 Å². The third-order valence-corrected chi connectivity index (χ3v) is 4.66. The summed E-state index contributed by atoms with van der Waals surface area (Å²) in [6.07, 6.45) is 1.94. The van der Waals surface area contributed by atoms with Gasteiger partial charge in [0.15, 0.2) is 0 Å². The average Bonchev–Trinajstić information content (AvgIpc) is 2.52. The van der Waals surface area contributed by atoms with E-state index >= 15 is 0 Å². The minimum Gasteiger partial charge on any atom is -0.304 e. The maximum atomic E-state index is 9.92. The number of benzene rings is 1. The fourth-order valence-electron chi connectivity index (χ4n) is 2.86. The van der Waals surface area contributed by atoms with Crippen LogP contribution in [0.2, 0.25) is 0 Å². The Bertz CT molecular complexity index is 417. The first-order valence-corrected chi connectivity index (χ1v) is 7.83. The van der Waals surface area contributed by atoms with Crippen LogP contribution in [-0.4, -0.2) is 24.5 Å². The van der Waals surface area contributed by atoms with Crippen LogP contribution in [0.4, 0.5) is 0 Å². The topological polar surface area (TPSA) is 27.0 Å². The SMILES string of the molecule is CC[C@@H](C)[C@](C#N)(CCN(CC)CC)c1ccccc1. The highest BCUT2D eigenvalue weighted by Crippen LogP contribution is 2.37. The van der Waals surface area contributed by atoms with E-state index in [2.05, 4.69) is 50.8 Å². The molecule has 0 amide bonds. The number of nitrogens with zero attached hydrogens (tertiary/aromatic N) is 2. The van der Waals surface area contributed by atoms with Crippen molar-refractivity contribution in [2.45, 2.75) is 46.0 Å². The Kier molecular flexibility index (Phi) is 6.75. The molecule has 0 radical (unpaired) electrons. The monoisotopic (exact) mass is 272 g/mol. The van der Waals surface area contributed by atoms with Gasteiger partial charge in [0.2, 0.25) is 0 Å². The molecule has 0 aliphatic carbocycles. The minimum atomic E-state index is -0.362. The van der Waals surface area contributed by atoms with Crippen molar-refractivity contribution in [2.24, 2.45) is 5.92 Å². The molecular weight excluding hydrogens is 244 g/mol. The van der Waals surface area contributed by atoms with E-state index in [9.17, 15) is 5.26 Å². The second-order valence-corrected chi connectivity index (χ2v) is 5.54. The standard InChI is InChI=1S/C18H28N2/c1-5-16(4)18(15-19,13-14-20(6-2)7-3)17-11-9-8-10-12-17/h8-12,16H,5-7,13-14H2,1-4H3/t16-,18-/m1/s1. The molecule has 0 unspecified atom stereocenters. The molecule has 1 rings (SSSR count). The summed E-state index contributed by atoms with van der Waals surface area (Å²) in [5.41, 5.74) is 0.808. The molecule has 20 heavy (non-hydrogen) atoms. The van der Waals surface area contributed by atoms with Crippen LogP contribution in [0.3, 0.4) is 0 Å². The van der Waals surface area contributed by atoms with Crippen molar-refractivity contribution in [1.82, 2.24) is 4.90 Å². The largest absolute Gasteiger partial charge is 0.304 e. The van der Waals surface area contributed by atoms with Crippen LogP contribution < -0.4 is 0 Å². The highest BCUT2D eigenvalue weighted by Gasteiger charge is 2.37. The molecule has 0 aromatic heterocycles. The summed E-state index contributed by atoms with van der Waals surface area (Å²) in [5.74, 6) is 0.366. The molecule has 0 saturated carbocycles. The van der Waals surface area contributed by atoms with Gasteiger partial charge in [0, 0.05) is 0 Å². The highest BCUT2D eigenvalue weighted by atomic mass is 15.1. The number of nitriles is 1. The molecule has 0 aliphatic rings. The second kappa shape index (κ2) is 8.07. The molecule has 0 N–H and O–H groups in total. The number of hydrogen-bond donors (Lipinski definition) is 0. The van der Waals surface area contributed by atoms with E-state index < -0.39 is 0 Å². The van der Waals surface area contributed by atoms with Crippen LogP contribution in [0.5, 0.6) is 0 Å². The van der Waals surface area contributed by atoms with Crippen molar-refractivity contribution >= 4 is 0 Å². The van der Waals surface area contributed by atoms with Gasteiger partial charge in [-0.1, -0.05) is 64.4 Å². The van der Waals surface area contributed by atoms with Crippen LogP contribution in [0.1, 0.15) is 46.1 Å². The van der Waals surface area contributed by atoms with Crippen LogP contribution in [0, 0.1) is 17.2 Å². The quantitative estimate of drug-likeness (QED) is 0.708. The van der Waals surface area contributed by atoms with Crippen molar-refractivity contribution in [3.63, 3.8) is 0 Å². The normalized spacial score (nSPS) is 15.6. The average molecular weight is 272 g/mol. The molecule has 2 nitrogen and oxygen atoms in total. The van der Waals surface area contributed by atoms with Crippen molar-refractivity contribution in [1.29, 1.82) is 5.26 Å². The molecule has 2 atom stereocenters. The van der Waals surface area contributed by atoms with Crippen LogP contribution >= 0.6 is 0 Å². The van der Waals surface area contributed by atoms with E-state index in [0.29, 0.717) is 5.92 Å². The first-order chi connectivity index (χ1) is 9.64. The van der Waals surface area contributed by atoms with Gasteiger partial charge in [0.1, 0.15) is 0 Å². The zero-order valence-electron chi connectivity index (χ0n) is 13.4. The summed E-state index contributed by atoms with van der Waals surface area (Å²) in [7, 11) is 0. The Balaban J connectivity index is 3.05. The van der Waals surface area contributed by atoms with Crippen molar-refractivity contribution < 1.29 is 0 Å². The lowest BCUT2D eigenvalue weighted by molar-refractivity contribution is 0.244. The van der Waals surface area contributed by atoms with Crippen LogP contribution in [0.25, 0.3) is 0 Å².